The van der Waals surface area contributed by atoms with Crippen LogP contribution in [0, 0.1) is 5.92 Å². The van der Waals surface area contributed by atoms with Gasteiger partial charge in [0.25, 0.3) is 0 Å². The van der Waals surface area contributed by atoms with Gasteiger partial charge in [-0.25, -0.2) is 0 Å². The number of hydrogen-bond acceptors (Lipinski definition) is 3. The molecule has 0 saturated carbocycles. The fraction of sp³-hybridized carbons (Fsp3) is 0.0909. The number of ether oxygens (including phenoxy) is 1. The summed E-state index contributed by atoms with van der Waals surface area (Å²) in [6.45, 7) is 2.39. The lowest BCUT2D eigenvalue weighted by Crippen LogP contribution is -2.48. The van der Waals surface area contributed by atoms with Gasteiger partial charge in [0, 0.05) is 55.0 Å². The third kappa shape index (κ3) is 5.40. The van der Waals surface area contributed by atoms with E-state index in [0.29, 0.717) is 5.92 Å². The number of allylic oxidation sites excluding steroid dienone is 2. The van der Waals surface area contributed by atoms with Gasteiger partial charge in [-0.1, -0.05) is 153 Å². The Balaban J connectivity index is 0.997. The molecule has 3 heterocycles. The van der Waals surface area contributed by atoms with Crippen molar-refractivity contribution >= 4 is 66.3 Å². The summed E-state index contributed by atoms with van der Waals surface area (Å²) in [4.78, 5) is 2.61. The number of fused-ring (bicyclic) bond motifs is 9. The first-order chi connectivity index (χ1) is 29.2. The Kier molecular flexibility index (Phi) is 7.89. The molecule has 0 N–H and O–H groups in total. The Hall–Kier alpha value is -6.88. The highest BCUT2D eigenvalue weighted by Gasteiger charge is 2.40. The van der Waals surface area contributed by atoms with Gasteiger partial charge >= 0.3 is 0 Å². The molecular formula is C55H40N2OS. The first kappa shape index (κ1) is 34.2. The van der Waals surface area contributed by atoms with Crippen LogP contribution >= 0.6 is 11.3 Å². The lowest BCUT2D eigenvalue weighted by atomic mass is 9.89. The number of para-hydroxylation sites is 3. The molecule has 3 atom stereocenters. The highest BCUT2D eigenvalue weighted by molar-refractivity contribution is 7.17. The number of aromatic nitrogens is 1. The van der Waals surface area contributed by atoms with Crippen LogP contribution in [0.1, 0.15) is 18.9 Å². The summed E-state index contributed by atoms with van der Waals surface area (Å²) in [5.74, 6) is 1.29. The molecule has 0 saturated heterocycles. The van der Waals surface area contributed by atoms with Gasteiger partial charge in [0.2, 0.25) is 0 Å². The van der Waals surface area contributed by atoms with Crippen LogP contribution in [-0.4, -0.2) is 16.7 Å². The fourth-order valence-electron chi connectivity index (χ4n) is 9.88. The van der Waals surface area contributed by atoms with E-state index in [9.17, 15) is 0 Å². The predicted octanol–water partition coefficient (Wildman–Crippen LogP) is 12.6. The molecule has 0 amide bonds. The van der Waals surface area contributed by atoms with E-state index in [1.54, 1.807) is 0 Å². The zero-order valence-electron chi connectivity index (χ0n) is 32.6. The number of anilines is 1. The summed E-state index contributed by atoms with van der Waals surface area (Å²) in [6, 6.07) is 61.9. The van der Waals surface area contributed by atoms with Crippen LogP contribution < -0.4 is 19.4 Å². The highest BCUT2D eigenvalue weighted by Crippen LogP contribution is 2.45. The van der Waals surface area contributed by atoms with Crippen molar-refractivity contribution in [2.24, 2.45) is 5.92 Å². The van der Waals surface area contributed by atoms with E-state index >= 15 is 0 Å². The van der Waals surface area contributed by atoms with Crippen molar-refractivity contribution in [2.45, 2.75) is 25.5 Å². The van der Waals surface area contributed by atoms with E-state index in [1.165, 1.54) is 86.4 Å². The molecule has 0 bridgehead atoms. The van der Waals surface area contributed by atoms with Gasteiger partial charge in [-0.3, -0.25) is 0 Å². The van der Waals surface area contributed by atoms with Gasteiger partial charge in [0.15, 0.2) is 0 Å². The summed E-state index contributed by atoms with van der Waals surface area (Å²) in [5.41, 5.74) is 13.4. The topological polar surface area (TPSA) is 17.4 Å². The zero-order valence-corrected chi connectivity index (χ0v) is 33.4. The molecule has 4 heteroatoms. The van der Waals surface area contributed by atoms with Crippen LogP contribution in [0.4, 0.5) is 5.69 Å². The molecule has 0 spiro atoms. The molecule has 3 aliphatic rings. The van der Waals surface area contributed by atoms with Crippen LogP contribution in [-0.2, 0) is 0 Å². The van der Waals surface area contributed by atoms with Crippen molar-refractivity contribution in [1.82, 2.24) is 4.57 Å². The summed E-state index contributed by atoms with van der Waals surface area (Å²) < 4.78 is 12.0. The summed E-state index contributed by atoms with van der Waals surface area (Å²) in [6.07, 6.45) is 10.2. The van der Waals surface area contributed by atoms with Crippen molar-refractivity contribution < 1.29 is 4.74 Å². The van der Waals surface area contributed by atoms with Crippen LogP contribution in [0.25, 0.3) is 77.2 Å². The van der Waals surface area contributed by atoms with Crippen LogP contribution in [0.5, 0.6) is 5.75 Å². The van der Waals surface area contributed by atoms with Gasteiger partial charge < -0.3 is 14.2 Å². The predicted molar refractivity (Wildman–Crippen MR) is 249 cm³/mol. The Bertz CT molecular complexity index is 3310. The normalized spacial score (nSPS) is 17.9. The van der Waals surface area contributed by atoms with Crippen molar-refractivity contribution in [3.63, 3.8) is 0 Å². The molecule has 59 heavy (non-hydrogen) atoms. The maximum absolute atomic E-state index is 6.86. The smallest absolute Gasteiger partial charge is 0.149 e. The molecule has 0 fully saturated rings. The molecule has 2 aromatic heterocycles. The van der Waals surface area contributed by atoms with E-state index in [-0.39, 0.29) is 12.1 Å². The molecule has 1 aliphatic heterocycles. The lowest BCUT2D eigenvalue weighted by molar-refractivity contribution is 0.257. The summed E-state index contributed by atoms with van der Waals surface area (Å²) in [5, 5.41) is 5.23. The highest BCUT2D eigenvalue weighted by atomic mass is 32.1. The number of benzene rings is 7. The first-order valence-corrected chi connectivity index (χ1v) is 21.5. The first-order valence-electron chi connectivity index (χ1n) is 20.6. The van der Waals surface area contributed by atoms with E-state index in [0.717, 1.165) is 17.9 Å². The van der Waals surface area contributed by atoms with Gasteiger partial charge in [-0.15, -0.1) is 11.3 Å². The van der Waals surface area contributed by atoms with Crippen molar-refractivity contribution in [1.29, 1.82) is 0 Å². The zero-order chi connectivity index (χ0) is 39.0. The van der Waals surface area contributed by atoms with Crippen LogP contribution in [0.2, 0.25) is 0 Å². The van der Waals surface area contributed by atoms with Gasteiger partial charge in [0.05, 0.1) is 21.6 Å². The quantitative estimate of drug-likeness (QED) is 0.167. The third-order valence-electron chi connectivity index (χ3n) is 12.6. The molecule has 0 radical (unpaired) electrons. The molecule has 9 aromatic rings. The monoisotopic (exact) mass is 776 g/mol. The fourth-order valence-corrected chi connectivity index (χ4v) is 11.2. The van der Waals surface area contributed by atoms with Gasteiger partial charge in [-0.05, 0) is 82.4 Å². The van der Waals surface area contributed by atoms with Gasteiger partial charge in [0.1, 0.15) is 11.9 Å². The number of hydrogen-bond donors (Lipinski definition) is 0. The Morgan fingerprint density at radius 2 is 1.31 bits per heavy atom. The lowest BCUT2D eigenvalue weighted by Gasteiger charge is -2.40. The largest absolute Gasteiger partial charge is 0.483 e. The second kappa shape index (κ2) is 13.6. The number of nitrogens with zero attached hydrogens (tertiary/aromatic N) is 2. The molecule has 3 nitrogen and oxygen atoms in total. The number of thiophene rings is 1. The SMILES string of the molecule is C[C@@H]1CC=c2c(sc3ccccc23)=C1N(c1ccc(-c2ccccc2-c2ccc3c4ccccc4n(-c4ccccc4)c3c2)cc1)C1C=CC=C2c3ccccc3OC21. The van der Waals surface area contributed by atoms with Crippen LogP contribution in [0.15, 0.2) is 188 Å². The average Bonchev–Trinajstić information content (AvgIpc) is 3.97. The maximum Gasteiger partial charge on any atom is 0.149 e. The number of rotatable bonds is 6. The molecule has 12 rings (SSSR count). The second-order valence-electron chi connectivity index (χ2n) is 16.0. The van der Waals surface area contributed by atoms with Gasteiger partial charge in [-0.2, -0.15) is 0 Å². The summed E-state index contributed by atoms with van der Waals surface area (Å²) in [7, 11) is 0. The van der Waals surface area contributed by atoms with Crippen molar-refractivity contribution in [3.05, 3.63) is 203 Å². The maximum atomic E-state index is 6.86. The Labute approximate surface area is 347 Å². The van der Waals surface area contributed by atoms with E-state index in [1.807, 2.05) is 11.3 Å². The van der Waals surface area contributed by atoms with E-state index in [4.69, 9.17) is 4.74 Å². The van der Waals surface area contributed by atoms with E-state index in [2.05, 4.69) is 211 Å². The average molecular weight is 777 g/mol. The Morgan fingerprint density at radius 3 is 2.15 bits per heavy atom. The Morgan fingerprint density at radius 1 is 0.627 bits per heavy atom. The minimum absolute atomic E-state index is 0.0303. The van der Waals surface area contributed by atoms with E-state index < -0.39 is 0 Å². The molecular weight excluding hydrogens is 737 g/mol. The van der Waals surface area contributed by atoms with Crippen molar-refractivity contribution in [3.8, 4) is 33.7 Å². The van der Waals surface area contributed by atoms with Crippen molar-refractivity contribution in [2.75, 3.05) is 4.90 Å². The molecule has 2 aliphatic carbocycles. The minimum Gasteiger partial charge on any atom is -0.483 e. The second-order valence-corrected chi connectivity index (χ2v) is 17.0. The standard InChI is InChI=1S/C55H40N2OS/c1-35-26-32-47-45-20-9-12-25-52(45)59-55(47)53(35)57(49-23-13-21-46-44-19-8-11-24-51(44)58-54(46)49)39-30-27-36(28-31-39)40-16-5-6-17-41(40)37-29-33-43-42-18-7-10-22-48(42)56(50(43)34-37)38-14-3-2-4-15-38/h2-25,27-35,49,54H,26H2,1H3/t35-,49?,54?/m1/s1. The summed E-state index contributed by atoms with van der Waals surface area (Å²) >= 11 is 1.92. The molecule has 7 aromatic carbocycles. The molecule has 282 valence electrons. The minimum atomic E-state index is -0.123. The molecule has 2 unspecified atom stereocenters. The third-order valence-corrected chi connectivity index (χ3v) is 13.8. The van der Waals surface area contributed by atoms with Crippen LogP contribution in [0.3, 0.4) is 0 Å².